The van der Waals surface area contributed by atoms with Crippen LogP contribution in [-0.4, -0.2) is 34.5 Å². The van der Waals surface area contributed by atoms with Gasteiger partial charge in [0.2, 0.25) is 15.9 Å². The fraction of sp³-hybridized carbons (Fsp3) is 0.417. The van der Waals surface area contributed by atoms with Crippen molar-refractivity contribution < 1.29 is 13.2 Å². The average molecular weight is 401 g/mol. The van der Waals surface area contributed by atoms with E-state index in [1.807, 2.05) is 7.05 Å². The lowest BCUT2D eigenvalue weighted by Crippen LogP contribution is -2.26. The molecule has 0 spiro atoms. The molecule has 1 aromatic carbocycles. The van der Waals surface area contributed by atoms with E-state index in [-0.39, 0.29) is 23.2 Å². The zero-order chi connectivity index (χ0) is 15.2. The van der Waals surface area contributed by atoms with Gasteiger partial charge in [0.25, 0.3) is 0 Å². The minimum Gasteiger partial charge on any atom is -0.325 e. The molecule has 120 valence electrons. The number of nitrogens with one attached hydrogen (secondary N) is 3. The van der Waals surface area contributed by atoms with Gasteiger partial charge >= 0.3 is 0 Å². The fourth-order valence-corrected chi connectivity index (χ4v) is 3.24. The van der Waals surface area contributed by atoms with Crippen molar-refractivity contribution in [3.8, 4) is 0 Å². The summed E-state index contributed by atoms with van der Waals surface area (Å²) in [7, 11) is -1.72. The molecule has 0 unspecified atom stereocenters. The molecule has 0 heterocycles. The number of benzene rings is 1. The molecule has 6 nitrogen and oxygen atoms in total. The van der Waals surface area contributed by atoms with Crippen LogP contribution >= 0.6 is 28.3 Å². The van der Waals surface area contributed by atoms with Crippen molar-refractivity contribution in [1.29, 1.82) is 0 Å². The number of carbonyl (C=O) groups is 1. The van der Waals surface area contributed by atoms with Gasteiger partial charge in [0.1, 0.15) is 0 Å². The van der Waals surface area contributed by atoms with Crippen LogP contribution in [0, 0.1) is 0 Å². The van der Waals surface area contributed by atoms with Gasteiger partial charge < -0.3 is 10.6 Å². The number of sulfonamides is 1. The molecule has 0 saturated heterocycles. The molecule has 0 bridgehead atoms. The summed E-state index contributed by atoms with van der Waals surface area (Å²) >= 11 is 3.24. The van der Waals surface area contributed by atoms with Crippen molar-refractivity contribution in [3.05, 3.63) is 22.7 Å². The van der Waals surface area contributed by atoms with Gasteiger partial charge in [-0.15, -0.1) is 12.4 Å². The molecule has 1 aromatic rings. The lowest BCUT2D eigenvalue weighted by atomic mass is 10.3. The molecule has 1 rings (SSSR count). The standard InChI is InChI=1S/C12H18BrN3O3S.ClH/c1-9(17)16-12-5-4-10(8-11(12)13)20(18,19)15-7-3-6-14-2;/h4-5,8,14-15H,3,6-7H2,1-2H3,(H,16,17);1H. The van der Waals surface area contributed by atoms with Crippen LogP contribution in [-0.2, 0) is 14.8 Å². The largest absolute Gasteiger partial charge is 0.325 e. The molecule has 0 radical (unpaired) electrons. The Hall–Kier alpha value is -0.670. The van der Waals surface area contributed by atoms with Crippen LogP contribution in [0.3, 0.4) is 0 Å². The Morgan fingerprint density at radius 3 is 2.48 bits per heavy atom. The van der Waals surface area contributed by atoms with Crippen molar-refractivity contribution in [3.63, 3.8) is 0 Å². The number of hydrogen-bond acceptors (Lipinski definition) is 4. The Bertz CT molecular complexity index is 581. The summed E-state index contributed by atoms with van der Waals surface area (Å²) in [5.74, 6) is -0.216. The van der Waals surface area contributed by atoms with E-state index < -0.39 is 10.0 Å². The quantitative estimate of drug-likeness (QED) is 0.608. The third-order valence-electron chi connectivity index (χ3n) is 2.46. The van der Waals surface area contributed by atoms with Gasteiger partial charge in [-0.25, -0.2) is 13.1 Å². The maximum Gasteiger partial charge on any atom is 0.240 e. The van der Waals surface area contributed by atoms with Crippen molar-refractivity contribution in [1.82, 2.24) is 10.0 Å². The number of hydrogen-bond donors (Lipinski definition) is 3. The molecule has 0 fully saturated rings. The maximum atomic E-state index is 12.0. The second-order valence-electron chi connectivity index (χ2n) is 4.18. The van der Waals surface area contributed by atoms with E-state index in [0.717, 1.165) is 6.54 Å². The highest BCUT2D eigenvalue weighted by molar-refractivity contribution is 9.10. The Balaban J connectivity index is 0.00000400. The normalized spacial score (nSPS) is 10.8. The van der Waals surface area contributed by atoms with E-state index in [1.165, 1.54) is 19.1 Å². The molecule has 9 heteroatoms. The van der Waals surface area contributed by atoms with Crippen molar-refractivity contribution in [2.75, 3.05) is 25.5 Å². The van der Waals surface area contributed by atoms with Crippen LogP contribution in [0.4, 0.5) is 5.69 Å². The van der Waals surface area contributed by atoms with E-state index in [9.17, 15) is 13.2 Å². The van der Waals surface area contributed by atoms with E-state index in [4.69, 9.17) is 0 Å². The molecule has 1 amide bonds. The summed E-state index contributed by atoms with van der Waals surface area (Å²) in [6.07, 6.45) is 0.709. The first-order chi connectivity index (χ1) is 9.36. The second-order valence-corrected chi connectivity index (χ2v) is 6.80. The molecular weight excluding hydrogens is 382 g/mol. The predicted octanol–water partition coefficient (Wildman–Crippen LogP) is 1.72. The lowest BCUT2D eigenvalue weighted by Gasteiger charge is -2.09. The van der Waals surface area contributed by atoms with Crippen LogP contribution in [0.1, 0.15) is 13.3 Å². The average Bonchev–Trinajstić information content (AvgIpc) is 2.36. The first-order valence-electron chi connectivity index (χ1n) is 6.08. The lowest BCUT2D eigenvalue weighted by molar-refractivity contribution is -0.114. The molecule has 3 N–H and O–H groups in total. The summed E-state index contributed by atoms with van der Waals surface area (Å²) in [5.41, 5.74) is 0.534. The molecule has 0 aliphatic rings. The summed E-state index contributed by atoms with van der Waals surface area (Å²) in [6, 6.07) is 4.47. The van der Waals surface area contributed by atoms with Gasteiger partial charge in [-0.3, -0.25) is 4.79 Å². The number of anilines is 1. The fourth-order valence-electron chi connectivity index (χ4n) is 1.51. The minimum absolute atomic E-state index is 0. The van der Waals surface area contributed by atoms with Gasteiger partial charge in [0.05, 0.1) is 10.6 Å². The SMILES string of the molecule is CNCCCNS(=O)(=O)c1ccc(NC(C)=O)c(Br)c1.Cl. The number of rotatable bonds is 7. The molecule has 0 aliphatic carbocycles. The zero-order valence-electron chi connectivity index (χ0n) is 11.8. The summed E-state index contributed by atoms with van der Waals surface area (Å²) in [5, 5.41) is 5.55. The Morgan fingerprint density at radius 1 is 1.29 bits per heavy atom. The molecular formula is C12H19BrClN3O3S. The van der Waals surface area contributed by atoms with Crippen molar-refractivity contribution in [2.45, 2.75) is 18.2 Å². The first kappa shape index (κ1) is 20.3. The Kier molecular flexibility index (Phi) is 9.07. The molecule has 0 aliphatic heterocycles. The van der Waals surface area contributed by atoms with Gasteiger partial charge in [0.15, 0.2) is 0 Å². The van der Waals surface area contributed by atoms with Crippen LogP contribution in [0.2, 0.25) is 0 Å². The van der Waals surface area contributed by atoms with Gasteiger partial charge in [-0.1, -0.05) is 0 Å². The molecule has 0 saturated carbocycles. The molecule has 0 aromatic heterocycles. The highest BCUT2D eigenvalue weighted by Crippen LogP contribution is 2.25. The van der Waals surface area contributed by atoms with E-state index in [2.05, 4.69) is 31.3 Å². The smallest absolute Gasteiger partial charge is 0.240 e. The minimum atomic E-state index is -3.53. The summed E-state index contributed by atoms with van der Waals surface area (Å²) < 4.78 is 27.1. The van der Waals surface area contributed by atoms with Gasteiger partial charge in [0, 0.05) is 17.9 Å². The number of carbonyl (C=O) groups excluding carboxylic acids is 1. The highest BCUT2D eigenvalue weighted by atomic mass is 79.9. The van der Waals surface area contributed by atoms with E-state index >= 15 is 0 Å². The van der Waals surface area contributed by atoms with Crippen molar-refractivity contribution >= 4 is 50.0 Å². The first-order valence-corrected chi connectivity index (χ1v) is 8.36. The van der Waals surface area contributed by atoms with Crippen LogP contribution in [0.25, 0.3) is 0 Å². The molecule has 21 heavy (non-hydrogen) atoms. The highest BCUT2D eigenvalue weighted by Gasteiger charge is 2.15. The van der Waals surface area contributed by atoms with Crippen molar-refractivity contribution in [2.24, 2.45) is 0 Å². The van der Waals surface area contributed by atoms with Crippen LogP contribution < -0.4 is 15.4 Å². The summed E-state index contributed by atoms with van der Waals surface area (Å²) in [4.78, 5) is 11.1. The maximum absolute atomic E-state index is 12.0. The molecule has 0 atom stereocenters. The van der Waals surface area contributed by atoms with E-state index in [0.29, 0.717) is 23.1 Å². The second kappa shape index (κ2) is 9.37. The van der Waals surface area contributed by atoms with E-state index in [1.54, 1.807) is 6.07 Å². The Labute approximate surface area is 139 Å². The van der Waals surface area contributed by atoms with Crippen LogP contribution in [0.5, 0.6) is 0 Å². The monoisotopic (exact) mass is 399 g/mol. The third-order valence-corrected chi connectivity index (χ3v) is 4.57. The van der Waals surface area contributed by atoms with Gasteiger partial charge in [-0.2, -0.15) is 0 Å². The topological polar surface area (TPSA) is 87.3 Å². The predicted molar refractivity (Wildman–Crippen MR) is 89.4 cm³/mol. The number of amides is 1. The zero-order valence-corrected chi connectivity index (χ0v) is 15.0. The summed E-state index contributed by atoms with van der Waals surface area (Å²) in [6.45, 7) is 2.50. The third kappa shape index (κ3) is 6.75. The Morgan fingerprint density at radius 2 is 1.95 bits per heavy atom. The van der Waals surface area contributed by atoms with Gasteiger partial charge in [-0.05, 0) is 54.1 Å². The number of halogens is 2. The van der Waals surface area contributed by atoms with Crippen LogP contribution in [0.15, 0.2) is 27.6 Å².